The molecule has 348 valence electrons. The van der Waals surface area contributed by atoms with Crippen molar-refractivity contribution in [2.24, 2.45) is 11.3 Å². The van der Waals surface area contributed by atoms with Crippen LogP contribution in [0.25, 0.3) is 10.9 Å². The number of piperidine rings is 3. The number of likely N-dealkylation sites (tertiary alicyclic amines) is 1. The molecule has 1 unspecified atom stereocenters. The Kier molecular flexibility index (Phi) is 12.2. The van der Waals surface area contributed by atoms with Gasteiger partial charge in [0.25, 0.3) is 29.2 Å². The molecule has 2 aromatic carbocycles. The number of alkyl halides is 2. The normalized spacial score (nSPS) is 20.7. The Morgan fingerprint density at radius 3 is 2.45 bits per heavy atom. The fourth-order valence-corrected chi connectivity index (χ4v) is 9.87. The summed E-state index contributed by atoms with van der Waals surface area (Å²) in [6, 6.07) is 10.6. The van der Waals surface area contributed by atoms with Crippen molar-refractivity contribution in [1.82, 2.24) is 35.0 Å². The first kappa shape index (κ1) is 44.9. The van der Waals surface area contributed by atoms with Crippen molar-refractivity contribution < 1.29 is 42.2 Å². The molecule has 21 heteroatoms. The van der Waals surface area contributed by atoms with Crippen LogP contribution in [0.2, 0.25) is 5.02 Å². The number of likely N-dealkylation sites (N-methyl/N-ethyl adjacent to an activating group) is 1. The zero-order chi connectivity index (χ0) is 46.5. The predicted molar refractivity (Wildman–Crippen MR) is 239 cm³/mol. The summed E-state index contributed by atoms with van der Waals surface area (Å²) in [4.78, 5) is 91.6. The Bertz CT molecular complexity index is 2690. The summed E-state index contributed by atoms with van der Waals surface area (Å²) in [5.41, 5.74) is 0.494. The van der Waals surface area contributed by atoms with Gasteiger partial charge in [0.1, 0.15) is 11.1 Å². The number of pyridine rings is 1. The van der Waals surface area contributed by atoms with Crippen LogP contribution in [0.15, 0.2) is 53.5 Å². The van der Waals surface area contributed by atoms with Crippen molar-refractivity contribution >= 4 is 75.2 Å². The SMILES string of the molecule is CNC(=O)COc1cc2cc(Nc3nc(N4CCC(CN5CCC6(CN(c7ccc8c(c7)C(=O)N(C7CCC(=O)NC7=O)C8=O)C6)C(F)(F)C5)CC4)ncc3Cl)ccc2n(CCOC)c1=O. The monoisotopic (exact) mass is 930 g/mol. The van der Waals surface area contributed by atoms with Gasteiger partial charge < -0.3 is 34.5 Å². The fourth-order valence-electron chi connectivity index (χ4n) is 9.73. The Balaban J connectivity index is 0.790. The van der Waals surface area contributed by atoms with Gasteiger partial charge in [0.15, 0.2) is 18.2 Å². The Morgan fingerprint density at radius 1 is 0.955 bits per heavy atom. The van der Waals surface area contributed by atoms with Gasteiger partial charge in [-0.1, -0.05) is 11.6 Å². The molecule has 5 aliphatic rings. The highest BCUT2D eigenvalue weighted by Gasteiger charge is 2.62. The molecule has 0 radical (unpaired) electrons. The molecule has 0 saturated carbocycles. The van der Waals surface area contributed by atoms with Crippen LogP contribution in [0.5, 0.6) is 5.75 Å². The molecule has 2 aromatic heterocycles. The molecule has 18 nitrogen and oxygen atoms in total. The van der Waals surface area contributed by atoms with E-state index in [2.05, 4.69) is 25.8 Å². The molecule has 0 aliphatic carbocycles. The maximum absolute atomic E-state index is 16.1. The number of nitrogens with one attached hydrogen (secondary N) is 3. The third-order valence-electron chi connectivity index (χ3n) is 13.5. The van der Waals surface area contributed by atoms with E-state index in [0.29, 0.717) is 71.7 Å². The van der Waals surface area contributed by atoms with Crippen molar-refractivity contribution in [3.8, 4) is 5.75 Å². The summed E-state index contributed by atoms with van der Waals surface area (Å²) in [5.74, 6) is -4.66. The van der Waals surface area contributed by atoms with Gasteiger partial charge >= 0.3 is 0 Å². The first-order valence-electron chi connectivity index (χ1n) is 21.9. The van der Waals surface area contributed by atoms with Crippen LogP contribution < -0.4 is 36.0 Å². The lowest BCUT2D eigenvalue weighted by atomic mass is 9.68. The van der Waals surface area contributed by atoms with Gasteiger partial charge in [0.05, 0.1) is 41.4 Å². The number of hydrogen-bond donors (Lipinski definition) is 3. The lowest BCUT2D eigenvalue weighted by Crippen LogP contribution is -2.70. The average Bonchev–Trinajstić information content (AvgIpc) is 3.53. The molecule has 5 amide bonds. The number of methoxy groups -OCH3 is 1. The molecule has 7 heterocycles. The maximum atomic E-state index is 16.1. The third-order valence-corrected chi connectivity index (χ3v) is 13.8. The van der Waals surface area contributed by atoms with Gasteiger partial charge in [-0.05, 0) is 80.6 Å². The number of anilines is 4. The number of carbonyl (C=O) groups excluding carboxylic acids is 5. The van der Waals surface area contributed by atoms with E-state index in [1.807, 2.05) is 11.0 Å². The fraction of sp³-hybridized carbons (Fsp3) is 0.467. The van der Waals surface area contributed by atoms with Crippen molar-refractivity contribution in [3.05, 3.63) is 75.2 Å². The molecular weight excluding hydrogens is 882 g/mol. The number of fused-ring (bicyclic) bond motifs is 2. The number of rotatable bonds is 13. The second-order valence-corrected chi connectivity index (χ2v) is 18.0. The third kappa shape index (κ3) is 8.41. The van der Waals surface area contributed by atoms with Crippen LogP contribution in [0.4, 0.5) is 31.9 Å². The standard InChI is InChI=1S/C45H49ClF2N10O8/c1-49-37(60)22-66-35-18-27-17-28(3-6-33(27)57(42(35)64)15-16-65-2)51-38-32(46)20-50-43(53-38)55-12-9-26(10-13-55)21-54-14-11-44(45(47,48)25-54)23-56(24-44)29-4-5-30-31(19-29)41(63)58(40(30)62)34-7-8-36(59)52-39(34)61/h3-6,17-20,26,34H,7-16,21-25H2,1-2H3,(H,49,60)(H,50,51,53)(H,52,59,61). The van der Waals surface area contributed by atoms with Gasteiger partial charge in [0.2, 0.25) is 17.8 Å². The largest absolute Gasteiger partial charge is 0.478 e. The summed E-state index contributed by atoms with van der Waals surface area (Å²) in [7, 11) is 3.03. The van der Waals surface area contributed by atoms with E-state index < -0.39 is 41.0 Å². The zero-order valence-electron chi connectivity index (χ0n) is 36.4. The van der Waals surface area contributed by atoms with E-state index in [1.165, 1.54) is 23.9 Å². The molecule has 4 aromatic rings. The number of hydrogen-bond acceptors (Lipinski definition) is 14. The molecule has 9 rings (SSSR count). The van der Waals surface area contributed by atoms with Crippen LogP contribution >= 0.6 is 11.6 Å². The van der Waals surface area contributed by atoms with Crippen LogP contribution in [-0.4, -0.2) is 139 Å². The number of benzene rings is 2. The molecule has 1 atom stereocenters. The molecule has 5 aliphatic heterocycles. The molecule has 3 N–H and O–H groups in total. The van der Waals surface area contributed by atoms with E-state index in [4.69, 9.17) is 26.1 Å². The summed E-state index contributed by atoms with van der Waals surface area (Å²) < 4.78 is 44.5. The number of ether oxygens (including phenoxy) is 2. The highest BCUT2D eigenvalue weighted by Crippen LogP contribution is 2.52. The van der Waals surface area contributed by atoms with Crippen molar-refractivity contribution in [3.63, 3.8) is 0 Å². The predicted octanol–water partition coefficient (Wildman–Crippen LogP) is 3.42. The number of aromatic nitrogens is 3. The highest BCUT2D eigenvalue weighted by atomic mass is 35.5. The number of halogens is 3. The first-order chi connectivity index (χ1) is 31.7. The molecule has 1 spiro atoms. The number of amides is 5. The Labute approximate surface area is 382 Å². The molecule has 4 saturated heterocycles. The van der Waals surface area contributed by atoms with Crippen molar-refractivity contribution in [1.29, 1.82) is 0 Å². The minimum Gasteiger partial charge on any atom is -0.478 e. The zero-order valence-corrected chi connectivity index (χ0v) is 37.2. The van der Waals surface area contributed by atoms with Crippen molar-refractivity contribution in [2.75, 3.05) is 88.3 Å². The van der Waals surface area contributed by atoms with Gasteiger partial charge in [-0.25, -0.2) is 13.8 Å². The smallest absolute Gasteiger partial charge is 0.293 e. The summed E-state index contributed by atoms with van der Waals surface area (Å²) in [6.07, 6.45) is 3.42. The van der Waals surface area contributed by atoms with Crippen LogP contribution in [0.3, 0.4) is 0 Å². The van der Waals surface area contributed by atoms with E-state index >= 15 is 8.78 Å². The summed E-state index contributed by atoms with van der Waals surface area (Å²) in [6.45, 7) is 2.43. The Morgan fingerprint density at radius 2 is 1.73 bits per heavy atom. The average molecular weight is 931 g/mol. The number of imide groups is 2. The van der Waals surface area contributed by atoms with Gasteiger partial charge in [-0.15, -0.1) is 0 Å². The van der Waals surface area contributed by atoms with E-state index in [-0.39, 0.29) is 86.5 Å². The van der Waals surface area contributed by atoms with E-state index in [9.17, 15) is 28.8 Å². The van der Waals surface area contributed by atoms with Crippen LogP contribution in [0, 0.1) is 11.3 Å². The van der Waals surface area contributed by atoms with Crippen LogP contribution in [0.1, 0.15) is 52.8 Å². The summed E-state index contributed by atoms with van der Waals surface area (Å²) in [5, 5.41) is 8.89. The lowest BCUT2D eigenvalue weighted by Gasteiger charge is -2.58. The number of carbonyl (C=O) groups is 5. The van der Waals surface area contributed by atoms with Crippen LogP contribution in [-0.2, 0) is 25.7 Å². The van der Waals surface area contributed by atoms with Gasteiger partial charge in [-0.2, -0.15) is 4.98 Å². The maximum Gasteiger partial charge on any atom is 0.293 e. The highest BCUT2D eigenvalue weighted by molar-refractivity contribution is 6.33. The quantitative estimate of drug-likeness (QED) is 0.165. The molecule has 0 bridgehead atoms. The second kappa shape index (κ2) is 17.9. The van der Waals surface area contributed by atoms with E-state index in [1.54, 1.807) is 42.3 Å². The minimum absolute atomic E-state index is 0.0132. The number of nitrogens with zero attached hydrogens (tertiary/aromatic N) is 7. The molecule has 4 fully saturated rings. The molecular formula is C45H49ClF2N10O8. The second-order valence-electron chi connectivity index (χ2n) is 17.6. The van der Waals surface area contributed by atoms with Gasteiger partial charge in [0, 0.05) is 76.6 Å². The van der Waals surface area contributed by atoms with Gasteiger partial charge in [-0.3, -0.25) is 43.9 Å². The molecule has 66 heavy (non-hydrogen) atoms. The Hall–Kier alpha value is -6.25. The van der Waals surface area contributed by atoms with Crippen molar-refractivity contribution in [2.45, 2.75) is 50.6 Å². The lowest BCUT2D eigenvalue weighted by molar-refractivity contribution is -0.181. The first-order valence-corrected chi connectivity index (χ1v) is 22.3. The summed E-state index contributed by atoms with van der Waals surface area (Å²) >= 11 is 6.58. The minimum atomic E-state index is -2.95. The van der Waals surface area contributed by atoms with E-state index in [0.717, 1.165) is 17.7 Å². The topological polar surface area (TPSA) is 201 Å².